The first-order valence-corrected chi connectivity index (χ1v) is 5.96. The van der Waals surface area contributed by atoms with E-state index < -0.39 is 11.0 Å². The van der Waals surface area contributed by atoms with Crippen molar-refractivity contribution in [1.29, 1.82) is 0 Å². The standard InChI is InChI=1S/C10H13ClN2OS/c1-10(2,3)15(14)13-7-8-4-5-12-9(11)6-8/h4-7H,1-3H3/b13-7-. The normalized spacial score (nSPS) is 14.4. The summed E-state index contributed by atoms with van der Waals surface area (Å²) in [6.07, 6.45) is 3.14. The van der Waals surface area contributed by atoms with Crippen LogP contribution in [0.5, 0.6) is 0 Å². The number of pyridine rings is 1. The van der Waals surface area contributed by atoms with Gasteiger partial charge in [-0.25, -0.2) is 9.19 Å². The number of hydrogen-bond acceptors (Lipinski definition) is 2. The highest BCUT2D eigenvalue weighted by Gasteiger charge is 2.17. The fourth-order valence-corrected chi connectivity index (χ4v) is 1.48. The minimum atomic E-state index is -1.24. The van der Waals surface area contributed by atoms with Gasteiger partial charge in [-0.2, -0.15) is 4.40 Å². The van der Waals surface area contributed by atoms with Gasteiger partial charge in [-0.3, -0.25) is 0 Å². The molecule has 1 aromatic heterocycles. The molecule has 15 heavy (non-hydrogen) atoms. The van der Waals surface area contributed by atoms with Crippen LogP contribution in [0.2, 0.25) is 5.15 Å². The number of hydrogen-bond donors (Lipinski definition) is 0. The van der Waals surface area contributed by atoms with Crippen LogP contribution < -0.4 is 0 Å². The number of rotatable bonds is 2. The van der Waals surface area contributed by atoms with Crippen molar-refractivity contribution in [1.82, 2.24) is 4.98 Å². The highest BCUT2D eigenvalue weighted by atomic mass is 35.5. The second kappa shape index (κ2) is 4.86. The molecule has 3 nitrogen and oxygen atoms in total. The summed E-state index contributed by atoms with van der Waals surface area (Å²) in [6, 6.07) is 3.43. The smallest absolute Gasteiger partial charge is 0.144 e. The molecule has 1 heterocycles. The van der Waals surface area contributed by atoms with Gasteiger partial charge in [-0.05, 0) is 38.5 Å². The van der Waals surface area contributed by atoms with Crippen LogP contribution in [0, 0.1) is 0 Å². The first-order chi connectivity index (χ1) is 6.89. The fourth-order valence-electron chi connectivity index (χ4n) is 0.765. The van der Waals surface area contributed by atoms with Crippen molar-refractivity contribution in [3.05, 3.63) is 29.0 Å². The van der Waals surface area contributed by atoms with Gasteiger partial charge in [-0.1, -0.05) is 11.6 Å². The molecule has 0 saturated carbocycles. The molecule has 0 amide bonds. The lowest BCUT2D eigenvalue weighted by Gasteiger charge is -2.12. The van der Waals surface area contributed by atoms with Crippen molar-refractivity contribution in [2.45, 2.75) is 25.5 Å². The second-order valence-electron chi connectivity index (χ2n) is 4.01. The Balaban J connectivity index is 2.79. The van der Waals surface area contributed by atoms with Crippen LogP contribution >= 0.6 is 11.6 Å². The molecule has 1 unspecified atom stereocenters. The molecule has 0 fully saturated rings. The Bertz CT molecular complexity index is 399. The highest BCUT2D eigenvalue weighted by molar-refractivity contribution is 7.85. The van der Waals surface area contributed by atoms with Crippen molar-refractivity contribution in [3.63, 3.8) is 0 Å². The Morgan fingerprint density at radius 1 is 1.53 bits per heavy atom. The summed E-state index contributed by atoms with van der Waals surface area (Å²) in [6.45, 7) is 5.62. The second-order valence-corrected chi connectivity index (χ2v) is 6.33. The molecule has 1 aromatic rings. The lowest BCUT2D eigenvalue weighted by molar-refractivity contribution is 0.651. The van der Waals surface area contributed by atoms with Gasteiger partial charge < -0.3 is 0 Å². The van der Waals surface area contributed by atoms with Crippen LogP contribution in [0.1, 0.15) is 26.3 Å². The molecule has 0 aliphatic heterocycles. The van der Waals surface area contributed by atoms with E-state index in [4.69, 9.17) is 11.6 Å². The lowest BCUT2D eigenvalue weighted by Crippen LogP contribution is -2.19. The Kier molecular flexibility index (Phi) is 3.99. The maximum atomic E-state index is 11.6. The highest BCUT2D eigenvalue weighted by Crippen LogP contribution is 2.12. The van der Waals surface area contributed by atoms with Gasteiger partial charge in [0, 0.05) is 12.4 Å². The van der Waals surface area contributed by atoms with Crippen LogP contribution in [0.25, 0.3) is 0 Å². The van der Waals surface area contributed by atoms with E-state index in [1.165, 1.54) is 0 Å². The van der Waals surface area contributed by atoms with Gasteiger partial charge in [0.2, 0.25) is 0 Å². The van der Waals surface area contributed by atoms with Crippen LogP contribution in [0.15, 0.2) is 22.7 Å². The molecule has 0 spiro atoms. The molecule has 0 aliphatic carbocycles. The molecule has 0 radical (unpaired) electrons. The third kappa shape index (κ3) is 4.10. The van der Waals surface area contributed by atoms with Crippen LogP contribution in [-0.2, 0) is 11.0 Å². The summed E-state index contributed by atoms with van der Waals surface area (Å²) in [5.74, 6) is 0. The van der Waals surface area contributed by atoms with Gasteiger partial charge in [0.05, 0.1) is 4.75 Å². The third-order valence-electron chi connectivity index (χ3n) is 1.57. The van der Waals surface area contributed by atoms with Gasteiger partial charge >= 0.3 is 0 Å². The van der Waals surface area contributed by atoms with Crippen molar-refractivity contribution < 1.29 is 4.21 Å². The van der Waals surface area contributed by atoms with Crippen LogP contribution in [0.4, 0.5) is 0 Å². The molecule has 0 N–H and O–H groups in total. The quantitative estimate of drug-likeness (QED) is 0.593. The van der Waals surface area contributed by atoms with Crippen molar-refractivity contribution >= 4 is 28.8 Å². The number of halogens is 1. The molecule has 0 saturated heterocycles. The maximum absolute atomic E-state index is 11.6. The zero-order chi connectivity index (χ0) is 11.5. The molecule has 0 aromatic carbocycles. The zero-order valence-corrected chi connectivity index (χ0v) is 10.5. The average molecular weight is 245 g/mol. The Morgan fingerprint density at radius 3 is 2.73 bits per heavy atom. The van der Waals surface area contributed by atoms with Crippen molar-refractivity contribution in [2.24, 2.45) is 4.40 Å². The number of aromatic nitrogens is 1. The summed E-state index contributed by atoms with van der Waals surface area (Å²) < 4.78 is 15.2. The summed E-state index contributed by atoms with van der Waals surface area (Å²) in [5, 5.41) is 0.403. The van der Waals surface area contributed by atoms with Gasteiger partial charge in [-0.15, -0.1) is 0 Å². The third-order valence-corrected chi connectivity index (χ3v) is 3.12. The minimum Gasteiger partial charge on any atom is -0.245 e. The molecule has 0 bridgehead atoms. The molecule has 1 atom stereocenters. The summed E-state index contributed by atoms with van der Waals surface area (Å²) in [7, 11) is -1.24. The van der Waals surface area contributed by atoms with Gasteiger partial charge in [0.15, 0.2) is 0 Å². The Morgan fingerprint density at radius 2 is 2.20 bits per heavy atom. The van der Waals surface area contributed by atoms with E-state index in [-0.39, 0.29) is 4.75 Å². The van der Waals surface area contributed by atoms with Gasteiger partial charge in [0.25, 0.3) is 0 Å². The molecule has 1 rings (SSSR count). The van der Waals surface area contributed by atoms with Gasteiger partial charge in [0.1, 0.15) is 16.1 Å². The van der Waals surface area contributed by atoms with Crippen LogP contribution in [-0.4, -0.2) is 20.2 Å². The average Bonchev–Trinajstić information content (AvgIpc) is 2.12. The lowest BCUT2D eigenvalue weighted by atomic mass is 10.3. The van der Waals surface area contributed by atoms with E-state index in [1.807, 2.05) is 20.8 Å². The largest absolute Gasteiger partial charge is 0.245 e. The maximum Gasteiger partial charge on any atom is 0.144 e. The minimum absolute atomic E-state index is 0.340. The molecular weight excluding hydrogens is 232 g/mol. The van der Waals surface area contributed by atoms with E-state index in [1.54, 1.807) is 24.5 Å². The molecule has 5 heteroatoms. The van der Waals surface area contributed by atoms with E-state index in [9.17, 15) is 4.21 Å². The van der Waals surface area contributed by atoms with E-state index in [2.05, 4.69) is 9.38 Å². The topological polar surface area (TPSA) is 42.3 Å². The Labute approximate surface area is 97.2 Å². The van der Waals surface area contributed by atoms with E-state index in [0.717, 1.165) is 5.56 Å². The SMILES string of the molecule is CC(C)(C)S(=O)/N=C\c1ccnc(Cl)c1. The number of nitrogens with zero attached hydrogens (tertiary/aromatic N) is 2. The monoisotopic (exact) mass is 244 g/mol. The predicted octanol–water partition coefficient (Wildman–Crippen LogP) is 2.62. The first kappa shape index (κ1) is 12.3. The zero-order valence-electron chi connectivity index (χ0n) is 8.90. The summed E-state index contributed by atoms with van der Waals surface area (Å²) in [4.78, 5) is 3.84. The Hall–Kier alpha value is -0.740. The summed E-state index contributed by atoms with van der Waals surface area (Å²) in [5.41, 5.74) is 0.799. The molecule has 0 aliphatic rings. The summed E-state index contributed by atoms with van der Waals surface area (Å²) >= 11 is 5.70. The van der Waals surface area contributed by atoms with E-state index in [0.29, 0.717) is 5.15 Å². The fraction of sp³-hybridized carbons (Fsp3) is 0.400. The van der Waals surface area contributed by atoms with Crippen molar-refractivity contribution in [3.8, 4) is 0 Å². The van der Waals surface area contributed by atoms with Crippen LogP contribution in [0.3, 0.4) is 0 Å². The van der Waals surface area contributed by atoms with Crippen molar-refractivity contribution in [2.75, 3.05) is 0 Å². The first-order valence-electron chi connectivity index (χ1n) is 4.47. The molecular formula is C10H13ClN2OS. The predicted molar refractivity (Wildman–Crippen MR) is 64.7 cm³/mol. The molecule has 82 valence electrons. The van der Waals surface area contributed by atoms with E-state index >= 15 is 0 Å².